The van der Waals surface area contributed by atoms with Gasteiger partial charge in [-0.05, 0) is 33.3 Å². The molecule has 0 spiro atoms. The molecule has 2 amide bonds. The van der Waals surface area contributed by atoms with Gasteiger partial charge in [-0.2, -0.15) is 0 Å². The molecule has 3 fully saturated rings. The van der Waals surface area contributed by atoms with Crippen molar-refractivity contribution in [3.63, 3.8) is 0 Å². The summed E-state index contributed by atoms with van der Waals surface area (Å²) in [5, 5.41) is 5.14. The van der Waals surface area contributed by atoms with E-state index in [1.54, 1.807) is 0 Å². The number of amides is 2. The number of piperazine rings is 1. The monoisotopic (exact) mass is 414 g/mol. The van der Waals surface area contributed by atoms with Crippen molar-refractivity contribution in [1.82, 2.24) is 15.1 Å². The van der Waals surface area contributed by atoms with Gasteiger partial charge < -0.3 is 10.6 Å². The second-order valence-electron chi connectivity index (χ2n) is 8.51. The van der Waals surface area contributed by atoms with E-state index in [-0.39, 0.29) is 46.7 Å². The molecule has 2 N–H and O–H groups in total. The summed E-state index contributed by atoms with van der Waals surface area (Å²) in [4.78, 5) is 28.6. The van der Waals surface area contributed by atoms with Crippen LogP contribution in [-0.4, -0.2) is 65.4 Å². The molecule has 2 atom stereocenters. The Kier molecular flexibility index (Phi) is 5.93. The first kappa shape index (κ1) is 21.0. The van der Waals surface area contributed by atoms with E-state index >= 15 is 0 Å². The number of piperidine rings is 1. The molecule has 2 bridgehead atoms. The predicted octanol–water partition coefficient (Wildman–Crippen LogP) is 2.23. The summed E-state index contributed by atoms with van der Waals surface area (Å²) >= 11 is 5.60. The largest absolute Gasteiger partial charge is 0.350 e. The number of fused-ring (bicyclic) bond motifs is 2. The van der Waals surface area contributed by atoms with Crippen molar-refractivity contribution in [3.8, 4) is 0 Å². The molecule has 0 aromatic heterocycles. The van der Waals surface area contributed by atoms with Gasteiger partial charge in [0.1, 0.15) is 0 Å². The molecule has 0 radical (unpaired) electrons. The third-order valence-electron chi connectivity index (χ3n) is 4.90. The molecular formula is C19H25ClF2N4O2. The Bertz CT molecular complexity index is 749. The van der Waals surface area contributed by atoms with E-state index in [0.29, 0.717) is 19.6 Å². The van der Waals surface area contributed by atoms with Crippen LogP contribution in [0.15, 0.2) is 12.1 Å². The normalized spacial score (nSPS) is 22.5. The molecule has 0 aliphatic carbocycles. The fourth-order valence-electron chi connectivity index (χ4n) is 3.82. The Morgan fingerprint density at radius 3 is 2.36 bits per heavy atom. The number of benzene rings is 1. The number of nitrogens with one attached hydrogen (secondary N) is 2. The Morgan fingerprint density at radius 1 is 1.14 bits per heavy atom. The lowest BCUT2D eigenvalue weighted by Crippen LogP contribution is -2.70. The van der Waals surface area contributed by atoms with E-state index in [0.717, 1.165) is 12.5 Å². The number of halogens is 3. The van der Waals surface area contributed by atoms with Crippen LogP contribution in [0.3, 0.4) is 0 Å². The lowest BCUT2D eigenvalue weighted by Gasteiger charge is -2.56. The Hall–Kier alpha value is -1.77. The van der Waals surface area contributed by atoms with Gasteiger partial charge in [-0.25, -0.2) is 8.78 Å². The maximum atomic E-state index is 13.4. The quantitative estimate of drug-likeness (QED) is 0.725. The van der Waals surface area contributed by atoms with Crippen molar-refractivity contribution in [1.29, 1.82) is 0 Å². The van der Waals surface area contributed by atoms with Gasteiger partial charge in [-0.15, -0.1) is 0 Å². The molecule has 3 heterocycles. The molecule has 1 aromatic rings. The van der Waals surface area contributed by atoms with E-state index in [9.17, 15) is 18.4 Å². The summed E-state index contributed by atoms with van der Waals surface area (Å²) in [5.41, 5.74) is -0.138. The molecule has 6 nitrogen and oxygen atoms in total. The Balaban J connectivity index is 1.48. The zero-order chi connectivity index (χ0) is 20.6. The minimum absolute atomic E-state index is 0.00334. The van der Waals surface area contributed by atoms with Crippen LogP contribution < -0.4 is 10.6 Å². The van der Waals surface area contributed by atoms with Crippen LogP contribution in [0.4, 0.5) is 14.5 Å². The first-order valence-corrected chi connectivity index (χ1v) is 9.63. The number of hydrogen-bond acceptors (Lipinski definition) is 4. The fraction of sp³-hybridized carbons (Fsp3) is 0.579. The number of carbonyl (C=O) groups excluding carboxylic acids is 2. The van der Waals surface area contributed by atoms with Crippen LogP contribution in [0.1, 0.15) is 27.2 Å². The highest BCUT2D eigenvalue weighted by Gasteiger charge is 2.45. The van der Waals surface area contributed by atoms with Crippen LogP contribution in [0, 0.1) is 11.6 Å². The number of carbonyl (C=O) groups is 2. The molecule has 1 aromatic carbocycles. The molecule has 9 heteroatoms. The van der Waals surface area contributed by atoms with Crippen molar-refractivity contribution in [2.75, 3.05) is 31.5 Å². The van der Waals surface area contributed by atoms with Gasteiger partial charge in [0.15, 0.2) is 11.6 Å². The van der Waals surface area contributed by atoms with Crippen LogP contribution in [0.2, 0.25) is 5.02 Å². The minimum atomic E-state index is -1.13. The predicted molar refractivity (Wildman–Crippen MR) is 103 cm³/mol. The molecule has 154 valence electrons. The highest BCUT2D eigenvalue weighted by molar-refractivity contribution is 6.31. The van der Waals surface area contributed by atoms with Gasteiger partial charge >= 0.3 is 0 Å². The van der Waals surface area contributed by atoms with Gasteiger partial charge in [-0.3, -0.25) is 19.4 Å². The Labute approximate surface area is 168 Å². The summed E-state index contributed by atoms with van der Waals surface area (Å²) < 4.78 is 26.6. The standard InChI is InChI=1S/C19H25ClF2N4O2/c1-19(2,3)24-17(28)10-26-12-6-13(26)8-25(7-12)9-16(27)23-11-4-14(20)18(22)15(21)5-11/h4-5,12-13H,6-10H2,1-3H3,(H,23,27)(H,24,28). The second kappa shape index (κ2) is 7.93. The van der Waals surface area contributed by atoms with Gasteiger partial charge in [0.2, 0.25) is 11.8 Å². The first-order valence-electron chi connectivity index (χ1n) is 9.25. The third-order valence-corrected chi connectivity index (χ3v) is 5.17. The molecule has 28 heavy (non-hydrogen) atoms. The van der Waals surface area contributed by atoms with E-state index in [4.69, 9.17) is 11.6 Å². The molecule has 2 unspecified atom stereocenters. The molecule has 3 aliphatic rings. The topological polar surface area (TPSA) is 64.7 Å². The number of hydrogen-bond donors (Lipinski definition) is 2. The smallest absolute Gasteiger partial charge is 0.238 e. The van der Waals surface area contributed by atoms with Crippen LogP contribution >= 0.6 is 11.6 Å². The van der Waals surface area contributed by atoms with Crippen molar-refractivity contribution < 1.29 is 18.4 Å². The van der Waals surface area contributed by atoms with Crippen molar-refractivity contribution in [2.45, 2.75) is 44.8 Å². The SMILES string of the molecule is CC(C)(C)NC(=O)CN1C2CC1CN(CC(=O)Nc1cc(F)c(F)c(Cl)c1)C2. The van der Waals surface area contributed by atoms with Crippen LogP contribution in [0.25, 0.3) is 0 Å². The van der Waals surface area contributed by atoms with Crippen LogP contribution in [-0.2, 0) is 9.59 Å². The summed E-state index contributed by atoms with van der Waals surface area (Å²) in [7, 11) is 0. The number of rotatable bonds is 5. The molecule has 3 aliphatic heterocycles. The zero-order valence-corrected chi connectivity index (χ0v) is 16.9. The third kappa shape index (κ3) is 4.98. The first-order chi connectivity index (χ1) is 13.0. The fourth-order valence-corrected chi connectivity index (χ4v) is 4.02. The molecule has 3 saturated heterocycles. The van der Waals surface area contributed by atoms with E-state index in [1.807, 2.05) is 25.7 Å². The van der Waals surface area contributed by atoms with Crippen LogP contribution in [0.5, 0.6) is 0 Å². The van der Waals surface area contributed by atoms with E-state index in [2.05, 4.69) is 15.5 Å². The summed E-state index contributed by atoms with van der Waals surface area (Å²) in [6.07, 6.45) is 1.01. The summed E-state index contributed by atoms with van der Waals surface area (Å²) in [6, 6.07) is 2.58. The van der Waals surface area contributed by atoms with Crippen molar-refractivity contribution in [3.05, 3.63) is 28.8 Å². The minimum Gasteiger partial charge on any atom is -0.350 e. The average molecular weight is 415 g/mol. The Morgan fingerprint density at radius 2 is 1.79 bits per heavy atom. The molecular weight excluding hydrogens is 390 g/mol. The molecule has 0 saturated carbocycles. The lowest BCUT2D eigenvalue weighted by atomic mass is 9.87. The van der Waals surface area contributed by atoms with E-state index in [1.165, 1.54) is 6.07 Å². The van der Waals surface area contributed by atoms with Gasteiger partial charge in [0.25, 0.3) is 0 Å². The van der Waals surface area contributed by atoms with E-state index < -0.39 is 11.6 Å². The highest BCUT2D eigenvalue weighted by Crippen LogP contribution is 2.31. The number of nitrogens with zero attached hydrogens (tertiary/aromatic N) is 2. The maximum absolute atomic E-state index is 13.4. The lowest BCUT2D eigenvalue weighted by molar-refractivity contribution is -0.134. The maximum Gasteiger partial charge on any atom is 0.238 e. The van der Waals surface area contributed by atoms with Gasteiger partial charge in [0, 0.05) is 42.5 Å². The summed E-state index contributed by atoms with van der Waals surface area (Å²) in [5.74, 6) is -2.55. The second-order valence-corrected chi connectivity index (χ2v) is 8.92. The van der Waals surface area contributed by atoms with Gasteiger partial charge in [-0.1, -0.05) is 11.6 Å². The molecule has 4 rings (SSSR count). The summed E-state index contributed by atoms with van der Waals surface area (Å²) in [6.45, 7) is 7.72. The zero-order valence-electron chi connectivity index (χ0n) is 16.2. The average Bonchev–Trinajstić information content (AvgIpc) is 2.56. The highest BCUT2D eigenvalue weighted by atomic mass is 35.5. The number of anilines is 1. The van der Waals surface area contributed by atoms with Crippen molar-refractivity contribution >= 4 is 29.1 Å². The van der Waals surface area contributed by atoms with Gasteiger partial charge in [0.05, 0.1) is 18.1 Å². The van der Waals surface area contributed by atoms with Crippen molar-refractivity contribution in [2.24, 2.45) is 0 Å².